The molecule has 1 saturated heterocycles. The van der Waals surface area contributed by atoms with Crippen LogP contribution >= 0.6 is 15.9 Å². The van der Waals surface area contributed by atoms with E-state index in [0.717, 1.165) is 25.7 Å². The van der Waals surface area contributed by atoms with Gasteiger partial charge in [-0.1, -0.05) is 36.7 Å². The Bertz CT molecular complexity index is 525. The number of carbonyl (C=O) groups is 1. The molecule has 4 aliphatic rings. The molecule has 2 bridgehead atoms. The largest absolute Gasteiger partial charge is 0.353 e. The standard InChI is InChI=1S/C19H33BrN2O/c1-15(2)10-12(11-16(3,4)22-15)21-14(23)19-9-8-18(7,13(19)20)17(19,5)6/h12-13,22H,8-11H2,1-7H3,(H,21,23)/t13-,18+,19-/m1/s1. The van der Waals surface area contributed by atoms with Crippen LogP contribution in [0, 0.1) is 16.2 Å². The molecule has 0 aromatic carbocycles. The van der Waals surface area contributed by atoms with Crippen LogP contribution in [0.25, 0.3) is 0 Å². The van der Waals surface area contributed by atoms with Crippen LogP contribution in [0.3, 0.4) is 0 Å². The zero-order valence-corrected chi connectivity index (χ0v) is 17.4. The number of halogens is 1. The molecule has 23 heavy (non-hydrogen) atoms. The Morgan fingerprint density at radius 3 is 1.91 bits per heavy atom. The zero-order chi connectivity index (χ0) is 17.5. The van der Waals surface area contributed by atoms with E-state index in [1.165, 1.54) is 0 Å². The van der Waals surface area contributed by atoms with Crippen molar-refractivity contribution >= 4 is 21.8 Å². The third-order valence-corrected chi connectivity index (χ3v) is 9.30. The first-order valence-corrected chi connectivity index (χ1v) is 9.93. The van der Waals surface area contributed by atoms with Gasteiger partial charge >= 0.3 is 0 Å². The first kappa shape index (κ1) is 17.7. The summed E-state index contributed by atoms with van der Waals surface area (Å²) in [7, 11) is 0. The van der Waals surface area contributed by atoms with Crippen LogP contribution < -0.4 is 10.6 Å². The molecule has 4 rings (SSSR count). The quantitative estimate of drug-likeness (QED) is 0.706. The summed E-state index contributed by atoms with van der Waals surface area (Å²) < 4.78 is 0. The Hall–Kier alpha value is -0.0900. The number of alkyl halides is 1. The summed E-state index contributed by atoms with van der Waals surface area (Å²) in [4.78, 5) is 13.6. The number of hydrogen-bond donors (Lipinski definition) is 2. The second kappa shape index (κ2) is 4.75. The minimum atomic E-state index is -0.235. The lowest BCUT2D eigenvalue weighted by Gasteiger charge is -2.64. The summed E-state index contributed by atoms with van der Waals surface area (Å²) in [5.41, 5.74) is 0.198. The Morgan fingerprint density at radius 1 is 1.00 bits per heavy atom. The van der Waals surface area contributed by atoms with E-state index >= 15 is 0 Å². The van der Waals surface area contributed by atoms with Crippen molar-refractivity contribution in [3.8, 4) is 0 Å². The molecule has 0 unspecified atom stereocenters. The van der Waals surface area contributed by atoms with E-state index in [0.29, 0.717) is 4.83 Å². The van der Waals surface area contributed by atoms with Crippen LogP contribution in [0.2, 0.25) is 0 Å². The van der Waals surface area contributed by atoms with Crippen LogP contribution in [-0.2, 0) is 4.79 Å². The second-order valence-corrected chi connectivity index (χ2v) is 11.3. The van der Waals surface area contributed by atoms with Gasteiger partial charge in [-0.05, 0) is 64.2 Å². The van der Waals surface area contributed by atoms with Gasteiger partial charge in [0.1, 0.15) is 0 Å². The molecule has 0 radical (unpaired) electrons. The molecule has 3 nitrogen and oxygen atoms in total. The van der Waals surface area contributed by atoms with Gasteiger partial charge in [0.15, 0.2) is 0 Å². The number of hydrogen-bond acceptors (Lipinski definition) is 2. The molecule has 3 atom stereocenters. The molecule has 3 saturated carbocycles. The maximum absolute atomic E-state index is 13.3. The van der Waals surface area contributed by atoms with E-state index in [1.54, 1.807) is 0 Å². The summed E-state index contributed by atoms with van der Waals surface area (Å²) in [5, 5.41) is 7.14. The monoisotopic (exact) mass is 384 g/mol. The van der Waals surface area contributed by atoms with Gasteiger partial charge < -0.3 is 10.6 Å². The molecular weight excluding hydrogens is 352 g/mol. The maximum Gasteiger partial charge on any atom is 0.228 e. The second-order valence-electron chi connectivity index (χ2n) is 10.3. The van der Waals surface area contributed by atoms with E-state index < -0.39 is 0 Å². The average molecular weight is 385 g/mol. The highest BCUT2D eigenvalue weighted by atomic mass is 79.9. The van der Waals surface area contributed by atoms with Crippen LogP contribution in [0.1, 0.15) is 74.1 Å². The predicted octanol–water partition coefficient (Wildman–Crippen LogP) is 4.00. The Labute approximate surface area is 149 Å². The lowest BCUT2D eigenvalue weighted by Crippen LogP contribution is -2.71. The predicted molar refractivity (Wildman–Crippen MR) is 98.7 cm³/mol. The summed E-state index contributed by atoms with van der Waals surface area (Å²) >= 11 is 3.88. The van der Waals surface area contributed by atoms with Gasteiger partial charge in [-0.3, -0.25) is 4.79 Å². The maximum atomic E-state index is 13.3. The van der Waals surface area contributed by atoms with Crippen molar-refractivity contribution in [3.05, 3.63) is 0 Å². The normalized spacial score (nSPS) is 43.7. The van der Waals surface area contributed by atoms with Gasteiger partial charge in [0.05, 0.1) is 5.41 Å². The van der Waals surface area contributed by atoms with Crippen molar-refractivity contribution in [2.45, 2.75) is 96.1 Å². The van der Waals surface area contributed by atoms with Crippen molar-refractivity contribution in [1.82, 2.24) is 10.6 Å². The molecule has 0 aromatic rings. The average Bonchev–Trinajstić information content (AvgIpc) is 2.73. The minimum Gasteiger partial charge on any atom is -0.353 e. The van der Waals surface area contributed by atoms with Crippen molar-refractivity contribution in [3.63, 3.8) is 0 Å². The van der Waals surface area contributed by atoms with Crippen molar-refractivity contribution < 1.29 is 4.79 Å². The smallest absolute Gasteiger partial charge is 0.228 e. The van der Waals surface area contributed by atoms with Crippen LogP contribution in [0.5, 0.6) is 0 Å². The van der Waals surface area contributed by atoms with Crippen LogP contribution in [0.4, 0.5) is 0 Å². The molecule has 1 aliphatic heterocycles. The van der Waals surface area contributed by atoms with E-state index in [-0.39, 0.29) is 39.3 Å². The third kappa shape index (κ3) is 2.19. The molecule has 1 heterocycles. The number of rotatable bonds is 2. The fraction of sp³-hybridized carbons (Fsp3) is 0.947. The molecule has 132 valence electrons. The molecule has 4 heteroatoms. The first-order valence-electron chi connectivity index (χ1n) is 9.02. The molecule has 1 amide bonds. The minimum absolute atomic E-state index is 0.0600. The summed E-state index contributed by atoms with van der Waals surface area (Å²) in [6, 6.07) is 0.256. The summed E-state index contributed by atoms with van der Waals surface area (Å²) in [6.07, 6.45) is 4.13. The number of carbonyl (C=O) groups excluding carboxylic acids is 1. The van der Waals surface area contributed by atoms with E-state index in [4.69, 9.17) is 0 Å². The van der Waals surface area contributed by atoms with Gasteiger partial charge in [-0.25, -0.2) is 0 Å². The lowest BCUT2D eigenvalue weighted by molar-refractivity contribution is -0.163. The number of nitrogens with one attached hydrogen (secondary N) is 2. The molecule has 0 aromatic heterocycles. The number of fused-ring (bicyclic) bond motifs is 1. The van der Waals surface area contributed by atoms with Crippen molar-refractivity contribution in [2.75, 3.05) is 0 Å². The summed E-state index contributed by atoms with van der Waals surface area (Å²) in [5.74, 6) is 0.276. The summed E-state index contributed by atoms with van der Waals surface area (Å²) in [6.45, 7) is 15.8. The first-order chi connectivity index (χ1) is 10.3. The Morgan fingerprint density at radius 2 is 1.52 bits per heavy atom. The van der Waals surface area contributed by atoms with Gasteiger partial charge in [-0.15, -0.1) is 0 Å². The Balaban J connectivity index is 1.78. The van der Waals surface area contributed by atoms with Gasteiger partial charge in [0.25, 0.3) is 0 Å². The molecule has 4 fully saturated rings. The zero-order valence-electron chi connectivity index (χ0n) is 15.8. The fourth-order valence-corrected chi connectivity index (χ4v) is 8.01. The highest BCUT2D eigenvalue weighted by Crippen LogP contribution is 2.79. The fourth-order valence-electron chi connectivity index (χ4n) is 6.20. The van der Waals surface area contributed by atoms with E-state index in [1.807, 2.05) is 0 Å². The lowest BCUT2D eigenvalue weighted by atomic mass is 9.43. The molecule has 2 N–H and O–H groups in total. The van der Waals surface area contributed by atoms with Gasteiger partial charge in [-0.2, -0.15) is 0 Å². The molecule has 3 aliphatic carbocycles. The Kier molecular flexibility index (Phi) is 3.66. The van der Waals surface area contributed by atoms with E-state index in [2.05, 4.69) is 75.0 Å². The molecule has 0 spiro atoms. The van der Waals surface area contributed by atoms with E-state index in [9.17, 15) is 4.79 Å². The topological polar surface area (TPSA) is 41.1 Å². The van der Waals surface area contributed by atoms with Crippen LogP contribution in [0.15, 0.2) is 0 Å². The highest BCUT2D eigenvalue weighted by molar-refractivity contribution is 9.09. The SMILES string of the molecule is CC1(C)CC(NC(=O)[C@@]23CC[C@@](C)([C@H]2Br)C3(C)C)CC(C)(C)N1. The molecular formula is C19H33BrN2O. The highest BCUT2D eigenvalue weighted by Gasteiger charge is 2.80. The third-order valence-electron chi connectivity index (χ3n) is 7.50. The number of piperidine rings is 1. The van der Waals surface area contributed by atoms with Crippen molar-refractivity contribution in [2.24, 2.45) is 16.2 Å². The van der Waals surface area contributed by atoms with Crippen LogP contribution in [-0.4, -0.2) is 27.9 Å². The van der Waals surface area contributed by atoms with Gasteiger partial charge in [0.2, 0.25) is 5.91 Å². The van der Waals surface area contributed by atoms with Crippen molar-refractivity contribution in [1.29, 1.82) is 0 Å². The number of amides is 1. The van der Waals surface area contributed by atoms with Gasteiger partial charge in [0, 0.05) is 21.9 Å².